The molecule has 2 aromatic rings. The highest BCUT2D eigenvalue weighted by atomic mass is 16.3. The largest absolute Gasteiger partial charge is 0.472 e. The van der Waals surface area contributed by atoms with Gasteiger partial charge >= 0.3 is 0 Å². The highest BCUT2D eigenvalue weighted by Gasteiger charge is 2.06. The molecular weight excluding hydrogens is 178 g/mol. The molecule has 0 radical (unpaired) electrons. The van der Waals surface area contributed by atoms with Crippen molar-refractivity contribution in [3.63, 3.8) is 0 Å². The fourth-order valence-corrected chi connectivity index (χ4v) is 1.30. The number of nitrogens with one attached hydrogen (secondary N) is 1. The molecule has 0 spiro atoms. The van der Waals surface area contributed by atoms with Gasteiger partial charge in [0.15, 0.2) is 0 Å². The minimum atomic E-state index is 0.222. The van der Waals surface area contributed by atoms with Crippen molar-refractivity contribution in [3.8, 4) is 0 Å². The van der Waals surface area contributed by atoms with Crippen LogP contribution >= 0.6 is 0 Å². The lowest BCUT2D eigenvalue weighted by Gasteiger charge is -2.09. The Labute approximate surface area is 82.7 Å². The van der Waals surface area contributed by atoms with E-state index in [-0.39, 0.29) is 6.04 Å². The summed E-state index contributed by atoms with van der Waals surface area (Å²) in [6, 6.07) is 6.03. The fourth-order valence-electron chi connectivity index (χ4n) is 1.30. The standard InChI is InChI=1S/C11H13NO2/c1-9(11-3-2-5-14-11)12-7-10-4-6-13-8-10/h2-6,8-9,12H,7H2,1H3/t9-/m0/s1. The molecule has 2 aromatic heterocycles. The van der Waals surface area contributed by atoms with E-state index in [1.807, 2.05) is 18.2 Å². The summed E-state index contributed by atoms with van der Waals surface area (Å²) in [4.78, 5) is 0. The van der Waals surface area contributed by atoms with Crippen LogP contribution in [0.2, 0.25) is 0 Å². The van der Waals surface area contributed by atoms with Crippen LogP contribution in [0.3, 0.4) is 0 Å². The Morgan fingerprint density at radius 1 is 1.36 bits per heavy atom. The van der Waals surface area contributed by atoms with Gasteiger partial charge in [-0.05, 0) is 25.1 Å². The second-order valence-corrected chi connectivity index (χ2v) is 3.25. The molecule has 0 aliphatic carbocycles. The van der Waals surface area contributed by atoms with Gasteiger partial charge in [-0.3, -0.25) is 0 Å². The fraction of sp³-hybridized carbons (Fsp3) is 0.273. The topological polar surface area (TPSA) is 38.3 Å². The van der Waals surface area contributed by atoms with E-state index in [0.717, 1.165) is 17.9 Å². The predicted molar refractivity (Wildman–Crippen MR) is 52.7 cm³/mol. The molecule has 0 bridgehead atoms. The highest BCUT2D eigenvalue weighted by Crippen LogP contribution is 2.13. The van der Waals surface area contributed by atoms with E-state index >= 15 is 0 Å². The van der Waals surface area contributed by atoms with E-state index in [9.17, 15) is 0 Å². The Morgan fingerprint density at radius 2 is 2.29 bits per heavy atom. The van der Waals surface area contributed by atoms with Crippen molar-refractivity contribution in [2.24, 2.45) is 0 Å². The molecular formula is C11H13NO2. The summed E-state index contributed by atoms with van der Waals surface area (Å²) >= 11 is 0. The van der Waals surface area contributed by atoms with Crippen molar-refractivity contribution in [2.45, 2.75) is 19.5 Å². The molecule has 3 nitrogen and oxygen atoms in total. The molecule has 2 rings (SSSR count). The molecule has 0 saturated heterocycles. The van der Waals surface area contributed by atoms with Crippen molar-refractivity contribution < 1.29 is 8.83 Å². The predicted octanol–water partition coefficient (Wildman–Crippen LogP) is 2.72. The Bertz CT molecular complexity index is 351. The van der Waals surface area contributed by atoms with E-state index < -0.39 is 0 Å². The summed E-state index contributed by atoms with van der Waals surface area (Å²) in [5.41, 5.74) is 1.14. The lowest BCUT2D eigenvalue weighted by molar-refractivity contribution is 0.429. The molecule has 0 fully saturated rings. The first kappa shape index (κ1) is 9.09. The average molecular weight is 191 g/mol. The lowest BCUT2D eigenvalue weighted by atomic mass is 10.2. The quantitative estimate of drug-likeness (QED) is 0.807. The normalized spacial score (nSPS) is 12.9. The van der Waals surface area contributed by atoms with Crippen LogP contribution in [0.4, 0.5) is 0 Å². The average Bonchev–Trinajstić information content (AvgIpc) is 2.87. The van der Waals surface area contributed by atoms with Crippen LogP contribution in [0.25, 0.3) is 0 Å². The van der Waals surface area contributed by atoms with E-state index in [1.54, 1.807) is 18.8 Å². The van der Waals surface area contributed by atoms with Gasteiger partial charge in [0.1, 0.15) is 5.76 Å². The summed E-state index contributed by atoms with van der Waals surface area (Å²) in [5, 5.41) is 3.33. The molecule has 2 heterocycles. The number of furan rings is 2. The van der Waals surface area contributed by atoms with Crippen LogP contribution in [-0.2, 0) is 6.54 Å². The van der Waals surface area contributed by atoms with E-state index in [2.05, 4.69) is 12.2 Å². The number of rotatable bonds is 4. The summed E-state index contributed by atoms with van der Waals surface area (Å²) in [5.74, 6) is 0.952. The van der Waals surface area contributed by atoms with E-state index in [0.29, 0.717) is 0 Å². The van der Waals surface area contributed by atoms with E-state index in [1.165, 1.54) is 0 Å². The van der Waals surface area contributed by atoms with E-state index in [4.69, 9.17) is 8.83 Å². The molecule has 1 atom stereocenters. The third-order valence-electron chi connectivity index (χ3n) is 2.16. The minimum Gasteiger partial charge on any atom is -0.472 e. The molecule has 0 saturated carbocycles. The Balaban J connectivity index is 1.87. The van der Waals surface area contributed by atoms with Gasteiger partial charge in [-0.15, -0.1) is 0 Å². The third kappa shape index (κ3) is 2.06. The van der Waals surface area contributed by atoms with Crippen molar-refractivity contribution >= 4 is 0 Å². The molecule has 3 heteroatoms. The van der Waals surface area contributed by atoms with Crippen molar-refractivity contribution in [2.75, 3.05) is 0 Å². The molecule has 0 aromatic carbocycles. The lowest BCUT2D eigenvalue weighted by Crippen LogP contribution is -2.17. The van der Waals surface area contributed by atoms with Gasteiger partial charge in [-0.25, -0.2) is 0 Å². The minimum absolute atomic E-state index is 0.222. The molecule has 1 N–H and O–H groups in total. The molecule has 74 valence electrons. The maximum Gasteiger partial charge on any atom is 0.120 e. The van der Waals surface area contributed by atoms with Crippen LogP contribution in [0.5, 0.6) is 0 Å². The van der Waals surface area contributed by atoms with Crippen molar-refractivity contribution in [1.82, 2.24) is 5.32 Å². The summed E-state index contributed by atoms with van der Waals surface area (Å²) in [6.45, 7) is 2.86. The monoisotopic (exact) mass is 191 g/mol. The first-order chi connectivity index (χ1) is 6.86. The van der Waals surface area contributed by atoms with Gasteiger partial charge in [-0.1, -0.05) is 0 Å². The maximum atomic E-state index is 5.28. The number of hydrogen-bond donors (Lipinski definition) is 1. The molecule has 0 amide bonds. The second kappa shape index (κ2) is 4.15. The van der Waals surface area contributed by atoms with Gasteiger partial charge in [0.05, 0.1) is 24.8 Å². The highest BCUT2D eigenvalue weighted by molar-refractivity contribution is 5.07. The molecule has 14 heavy (non-hydrogen) atoms. The zero-order valence-electron chi connectivity index (χ0n) is 8.07. The maximum absolute atomic E-state index is 5.28. The van der Waals surface area contributed by atoms with Crippen LogP contribution in [0.1, 0.15) is 24.3 Å². The number of hydrogen-bond acceptors (Lipinski definition) is 3. The van der Waals surface area contributed by atoms with Crippen molar-refractivity contribution in [1.29, 1.82) is 0 Å². The first-order valence-electron chi connectivity index (χ1n) is 4.64. The van der Waals surface area contributed by atoms with Crippen LogP contribution in [0, 0.1) is 0 Å². The van der Waals surface area contributed by atoms with Crippen LogP contribution < -0.4 is 5.32 Å². The SMILES string of the molecule is C[C@H](NCc1ccoc1)c1ccco1. The summed E-state index contributed by atoms with van der Waals surface area (Å²) < 4.78 is 10.3. The smallest absolute Gasteiger partial charge is 0.120 e. The Morgan fingerprint density at radius 3 is 2.93 bits per heavy atom. The molecule has 0 aliphatic rings. The summed E-state index contributed by atoms with van der Waals surface area (Å²) in [6.07, 6.45) is 5.10. The molecule has 0 unspecified atom stereocenters. The van der Waals surface area contributed by atoms with Gasteiger partial charge < -0.3 is 14.2 Å². The zero-order chi connectivity index (χ0) is 9.80. The van der Waals surface area contributed by atoms with Gasteiger partial charge in [-0.2, -0.15) is 0 Å². The van der Waals surface area contributed by atoms with Gasteiger partial charge in [0, 0.05) is 12.1 Å². The Kier molecular flexibility index (Phi) is 2.70. The zero-order valence-corrected chi connectivity index (χ0v) is 8.07. The second-order valence-electron chi connectivity index (χ2n) is 3.25. The molecule has 0 aliphatic heterocycles. The van der Waals surface area contributed by atoms with Crippen LogP contribution in [0.15, 0.2) is 45.8 Å². The van der Waals surface area contributed by atoms with Gasteiger partial charge in [0.2, 0.25) is 0 Å². The summed E-state index contributed by atoms with van der Waals surface area (Å²) in [7, 11) is 0. The first-order valence-corrected chi connectivity index (χ1v) is 4.64. The van der Waals surface area contributed by atoms with Gasteiger partial charge in [0.25, 0.3) is 0 Å². The van der Waals surface area contributed by atoms with Crippen molar-refractivity contribution in [3.05, 3.63) is 48.3 Å². The van der Waals surface area contributed by atoms with Crippen LogP contribution in [-0.4, -0.2) is 0 Å². The third-order valence-corrected chi connectivity index (χ3v) is 2.16. The Hall–Kier alpha value is -1.48.